The molecule has 0 spiro atoms. The van der Waals surface area contributed by atoms with Gasteiger partial charge in [0.25, 0.3) is 0 Å². The van der Waals surface area contributed by atoms with Gasteiger partial charge in [-0.25, -0.2) is 13.2 Å². The van der Waals surface area contributed by atoms with Crippen LogP contribution in [0.4, 0.5) is 13.2 Å². The highest BCUT2D eigenvalue weighted by Crippen LogP contribution is 2.32. The summed E-state index contributed by atoms with van der Waals surface area (Å²) < 4.78 is 42.0. The molecule has 0 heterocycles. The maximum atomic E-state index is 14.2. The fourth-order valence-electron chi connectivity index (χ4n) is 2.83. The smallest absolute Gasteiger partial charge is 0.133 e. The Hall–Kier alpha value is -2.03. The normalized spacial score (nSPS) is 13.8. The van der Waals surface area contributed by atoms with Gasteiger partial charge in [0.15, 0.2) is 0 Å². The molecule has 0 aromatic heterocycles. The maximum Gasteiger partial charge on any atom is 0.133 e. The lowest BCUT2D eigenvalue weighted by Crippen LogP contribution is -2.08. The molecule has 0 unspecified atom stereocenters. The number of fused-ring (bicyclic) bond motifs is 1. The van der Waals surface area contributed by atoms with Crippen molar-refractivity contribution in [2.24, 2.45) is 0 Å². The summed E-state index contributed by atoms with van der Waals surface area (Å²) in [5, 5.41) is 0. The second-order valence-corrected chi connectivity index (χ2v) is 5.28. The molecular weight excluding hydrogens is 273 g/mol. The fraction of sp³-hybridized carbons (Fsp3) is 0.222. The van der Waals surface area contributed by atoms with Gasteiger partial charge >= 0.3 is 0 Å². The molecule has 0 aliphatic heterocycles. The van der Waals surface area contributed by atoms with Gasteiger partial charge in [-0.1, -0.05) is 25.1 Å². The van der Waals surface area contributed by atoms with E-state index in [4.69, 9.17) is 0 Å². The lowest BCUT2D eigenvalue weighted by Gasteiger charge is -2.19. The first-order valence-corrected chi connectivity index (χ1v) is 7.03. The van der Waals surface area contributed by atoms with E-state index in [9.17, 15) is 13.2 Å². The molecule has 2 aromatic rings. The highest BCUT2D eigenvalue weighted by molar-refractivity contribution is 5.71. The molecule has 2 aromatic carbocycles. The summed E-state index contributed by atoms with van der Waals surface area (Å²) in [6, 6.07) is 7.60. The van der Waals surface area contributed by atoms with Gasteiger partial charge in [0, 0.05) is 5.56 Å². The average molecular weight is 288 g/mol. The third kappa shape index (κ3) is 2.48. The fourth-order valence-corrected chi connectivity index (χ4v) is 2.83. The molecule has 108 valence electrons. The van der Waals surface area contributed by atoms with Crippen LogP contribution in [0.25, 0.3) is 5.57 Å². The predicted molar refractivity (Wildman–Crippen MR) is 77.5 cm³/mol. The molecule has 0 amide bonds. The summed E-state index contributed by atoms with van der Waals surface area (Å²) in [6.45, 7) is 1.85. The summed E-state index contributed by atoms with van der Waals surface area (Å²) in [7, 11) is 0. The monoisotopic (exact) mass is 288 g/mol. The Kier molecular flexibility index (Phi) is 3.58. The molecular formula is C18H15F3. The van der Waals surface area contributed by atoms with E-state index in [0.717, 1.165) is 5.56 Å². The summed E-state index contributed by atoms with van der Waals surface area (Å²) in [6.07, 6.45) is 3.03. The standard InChI is InChI=1S/C18H15F3/c1-2-11-8-16(20)18(17(21)9-11)13-6-7-14-12(10-13)4-3-5-15(14)19/h3-6,8-9H,2,7,10H2,1H3. The molecule has 0 saturated carbocycles. The van der Waals surface area contributed by atoms with Gasteiger partial charge in [-0.15, -0.1) is 0 Å². The molecule has 0 fully saturated rings. The lowest BCUT2D eigenvalue weighted by atomic mass is 9.87. The molecule has 0 atom stereocenters. The van der Waals surface area contributed by atoms with Gasteiger partial charge in [0.1, 0.15) is 17.5 Å². The topological polar surface area (TPSA) is 0 Å². The van der Waals surface area contributed by atoms with E-state index in [1.54, 1.807) is 12.1 Å². The first-order chi connectivity index (χ1) is 10.1. The van der Waals surface area contributed by atoms with Crippen molar-refractivity contribution in [3.8, 4) is 0 Å². The summed E-state index contributed by atoms with van der Waals surface area (Å²) in [5.41, 5.74) is 2.66. The summed E-state index contributed by atoms with van der Waals surface area (Å²) in [5.74, 6) is -1.35. The Morgan fingerprint density at radius 1 is 1.00 bits per heavy atom. The number of hydrogen-bond acceptors (Lipinski definition) is 0. The molecule has 0 nitrogen and oxygen atoms in total. The van der Waals surface area contributed by atoms with Crippen LogP contribution >= 0.6 is 0 Å². The largest absolute Gasteiger partial charge is 0.207 e. The van der Waals surface area contributed by atoms with Gasteiger partial charge in [0.2, 0.25) is 0 Å². The Morgan fingerprint density at radius 2 is 1.71 bits per heavy atom. The quantitative estimate of drug-likeness (QED) is 0.741. The van der Waals surface area contributed by atoms with Gasteiger partial charge in [-0.05, 0) is 59.7 Å². The van der Waals surface area contributed by atoms with Crippen LogP contribution < -0.4 is 0 Å². The minimum atomic E-state index is -0.544. The predicted octanol–water partition coefficient (Wildman–Crippen LogP) is 4.85. The Morgan fingerprint density at radius 3 is 2.38 bits per heavy atom. The summed E-state index contributed by atoms with van der Waals surface area (Å²) in [4.78, 5) is 0. The van der Waals surface area contributed by atoms with Gasteiger partial charge in [-0.3, -0.25) is 0 Å². The molecule has 0 saturated heterocycles. The van der Waals surface area contributed by atoms with E-state index in [1.807, 2.05) is 13.0 Å². The second kappa shape index (κ2) is 5.40. The molecule has 3 heteroatoms. The van der Waals surface area contributed by atoms with E-state index < -0.39 is 11.6 Å². The van der Waals surface area contributed by atoms with Gasteiger partial charge in [0.05, 0.1) is 0 Å². The maximum absolute atomic E-state index is 14.2. The van der Waals surface area contributed by atoms with Crippen LogP contribution in [0, 0.1) is 17.5 Å². The van der Waals surface area contributed by atoms with Crippen molar-refractivity contribution in [1.82, 2.24) is 0 Å². The number of allylic oxidation sites excluding steroid dienone is 2. The number of hydrogen-bond donors (Lipinski definition) is 0. The minimum absolute atomic E-state index is 0.0158. The van der Waals surface area contributed by atoms with Crippen molar-refractivity contribution in [2.75, 3.05) is 0 Å². The van der Waals surface area contributed by atoms with Crippen LogP contribution in [0.1, 0.15) is 29.2 Å². The second-order valence-electron chi connectivity index (χ2n) is 5.28. The number of benzene rings is 2. The Balaban J connectivity index is 2.03. The molecule has 1 aliphatic carbocycles. The summed E-state index contributed by atoms with van der Waals surface area (Å²) >= 11 is 0. The Labute approximate surface area is 121 Å². The highest BCUT2D eigenvalue weighted by atomic mass is 19.1. The zero-order chi connectivity index (χ0) is 15.0. The first-order valence-electron chi connectivity index (χ1n) is 7.03. The zero-order valence-electron chi connectivity index (χ0n) is 11.7. The SMILES string of the molecule is CCc1cc(F)c(C2=CCc3c(F)cccc3C2)c(F)c1. The van der Waals surface area contributed by atoms with E-state index in [-0.39, 0.29) is 11.4 Å². The van der Waals surface area contributed by atoms with Gasteiger partial charge < -0.3 is 0 Å². The number of aryl methyl sites for hydroxylation is 1. The van der Waals surface area contributed by atoms with Crippen molar-refractivity contribution in [3.63, 3.8) is 0 Å². The van der Waals surface area contributed by atoms with Crippen molar-refractivity contribution in [3.05, 3.63) is 76.1 Å². The van der Waals surface area contributed by atoms with E-state index in [0.29, 0.717) is 36.0 Å². The molecule has 1 aliphatic rings. The third-order valence-corrected chi connectivity index (χ3v) is 3.98. The highest BCUT2D eigenvalue weighted by Gasteiger charge is 2.20. The first kappa shape index (κ1) is 13.9. The molecule has 21 heavy (non-hydrogen) atoms. The molecule has 0 N–H and O–H groups in total. The van der Waals surface area contributed by atoms with Crippen molar-refractivity contribution >= 4 is 5.57 Å². The van der Waals surface area contributed by atoms with E-state index in [2.05, 4.69) is 0 Å². The van der Waals surface area contributed by atoms with Gasteiger partial charge in [-0.2, -0.15) is 0 Å². The van der Waals surface area contributed by atoms with Crippen LogP contribution in [-0.4, -0.2) is 0 Å². The van der Waals surface area contributed by atoms with Crippen LogP contribution in [-0.2, 0) is 19.3 Å². The average Bonchev–Trinajstić information content (AvgIpc) is 2.46. The zero-order valence-corrected chi connectivity index (χ0v) is 11.7. The van der Waals surface area contributed by atoms with Crippen molar-refractivity contribution in [1.29, 1.82) is 0 Å². The Bertz CT molecular complexity index is 706. The minimum Gasteiger partial charge on any atom is -0.207 e. The molecule has 0 radical (unpaired) electrons. The third-order valence-electron chi connectivity index (χ3n) is 3.98. The van der Waals surface area contributed by atoms with Crippen LogP contribution in [0.2, 0.25) is 0 Å². The number of halogens is 3. The van der Waals surface area contributed by atoms with Crippen LogP contribution in [0.5, 0.6) is 0 Å². The molecule has 3 rings (SSSR count). The number of rotatable bonds is 2. The molecule has 0 bridgehead atoms. The van der Waals surface area contributed by atoms with Crippen LogP contribution in [0.3, 0.4) is 0 Å². The van der Waals surface area contributed by atoms with E-state index >= 15 is 0 Å². The lowest BCUT2D eigenvalue weighted by molar-refractivity contribution is 0.572. The van der Waals surface area contributed by atoms with Crippen molar-refractivity contribution in [2.45, 2.75) is 26.2 Å². The van der Waals surface area contributed by atoms with Crippen LogP contribution in [0.15, 0.2) is 36.4 Å². The van der Waals surface area contributed by atoms with E-state index in [1.165, 1.54) is 18.2 Å². The van der Waals surface area contributed by atoms with Crippen molar-refractivity contribution < 1.29 is 13.2 Å².